The van der Waals surface area contributed by atoms with E-state index >= 15 is 0 Å². The van der Waals surface area contributed by atoms with Gasteiger partial charge in [-0.05, 0) is 18.9 Å². The quantitative estimate of drug-likeness (QED) is 0.839. The molecule has 0 radical (unpaired) electrons. The van der Waals surface area contributed by atoms with Crippen LogP contribution in [0.3, 0.4) is 0 Å². The number of benzene rings is 1. The van der Waals surface area contributed by atoms with Gasteiger partial charge in [-0.1, -0.05) is 36.4 Å². The fourth-order valence-corrected chi connectivity index (χ4v) is 2.43. The summed E-state index contributed by atoms with van der Waals surface area (Å²) in [4.78, 5) is 25.4. The Hall–Kier alpha value is -2.14. The van der Waals surface area contributed by atoms with Crippen LogP contribution in [0.4, 0.5) is 4.79 Å². The Morgan fingerprint density at radius 3 is 2.76 bits per heavy atom. The Balaban J connectivity index is 2.17. The number of nitrogens with zero attached hydrogens (tertiary/aromatic N) is 1. The fourth-order valence-electron chi connectivity index (χ4n) is 2.43. The number of rotatable bonds is 5. The summed E-state index contributed by atoms with van der Waals surface area (Å²) in [6.45, 7) is 5.22. The molecule has 1 aromatic carbocycles. The van der Waals surface area contributed by atoms with E-state index in [2.05, 4.69) is 6.58 Å². The van der Waals surface area contributed by atoms with Crippen molar-refractivity contribution >= 4 is 12.0 Å². The van der Waals surface area contributed by atoms with Crippen molar-refractivity contribution in [2.45, 2.75) is 25.5 Å². The number of imide groups is 1. The Morgan fingerprint density at radius 1 is 1.52 bits per heavy atom. The molecule has 1 aliphatic rings. The zero-order valence-electron chi connectivity index (χ0n) is 11.9. The lowest BCUT2D eigenvalue weighted by molar-refractivity contribution is -0.134. The van der Waals surface area contributed by atoms with Crippen molar-refractivity contribution in [1.29, 1.82) is 0 Å². The lowest BCUT2D eigenvalue weighted by Crippen LogP contribution is -2.45. The van der Waals surface area contributed by atoms with Gasteiger partial charge in [-0.2, -0.15) is 0 Å². The summed E-state index contributed by atoms with van der Waals surface area (Å²) in [5.41, 5.74) is 1.02. The van der Waals surface area contributed by atoms with Gasteiger partial charge in [-0.15, -0.1) is 6.58 Å². The summed E-state index contributed by atoms with van der Waals surface area (Å²) in [6.07, 6.45) is 0.328. The predicted molar refractivity (Wildman–Crippen MR) is 77.5 cm³/mol. The predicted octanol–water partition coefficient (Wildman–Crippen LogP) is 1.76. The Kier molecular flexibility index (Phi) is 4.75. The Labute approximate surface area is 123 Å². The standard InChI is InChI=1S/C16H19NO4/c1-3-14(11(2)18)15(19)17-13(10-21-16(17)20)9-12-7-5-4-6-8-12/h3-8,11,13-14,18H,1,9-10H2,2H3/t11-,13+,14?/m0/s1. The van der Waals surface area contributed by atoms with Gasteiger partial charge < -0.3 is 9.84 Å². The topological polar surface area (TPSA) is 66.8 Å². The van der Waals surface area contributed by atoms with E-state index in [1.165, 1.54) is 13.0 Å². The summed E-state index contributed by atoms with van der Waals surface area (Å²) in [6, 6.07) is 9.23. The fraction of sp³-hybridized carbons (Fsp3) is 0.375. The van der Waals surface area contributed by atoms with Gasteiger partial charge in [0, 0.05) is 0 Å². The average molecular weight is 289 g/mol. The number of hydrogen-bond donors (Lipinski definition) is 1. The minimum absolute atomic E-state index is 0.170. The molecule has 2 amide bonds. The normalized spacial score (nSPS) is 20.8. The summed E-state index contributed by atoms with van der Waals surface area (Å²) >= 11 is 0. The van der Waals surface area contributed by atoms with E-state index < -0.39 is 24.0 Å². The molecule has 21 heavy (non-hydrogen) atoms. The summed E-state index contributed by atoms with van der Waals surface area (Å²) in [5.74, 6) is -1.28. The molecule has 1 N–H and O–H groups in total. The summed E-state index contributed by atoms with van der Waals surface area (Å²) in [7, 11) is 0. The van der Waals surface area contributed by atoms with E-state index in [0.29, 0.717) is 6.42 Å². The van der Waals surface area contributed by atoms with Crippen LogP contribution in [-0.2, 0) is 16.0 Å². The first kappa shape index (κ1) is 15.3. The van der Waals surface area contributed by atoms with Crippen LogP contribution >= 0.6 is 0 Å². The molecule has 3 atom stereocenters. The number of carbonyl (C=O) groups excluding carboxylic acids is 2. The molecule has 1 aromatic rings. The average Bonchev–Trinajstić information content (AvgIpc) is 2.81. The van der Waals surface area contributed by atoms with Crippen molar-refractivity contribution in [3.05, 3.63) is 48.6 Å². The third kappa shape index (κ3) is 3.31. The van der Waals surface area contributed by atoms with Gasteiger partial charge >= 0.3 is 6.09 Å². The largest absolute Gasteiger partial charge is 0.447 e. The molecule has 1 unspecified atom stereocenters. The summed E-state index contributed by atoms with van der Waals surface area (Å²) < 4.78 is 5.00. The molecule has 2 rings (SSSR count). The van der Waals surface area contributed by atoms with Crippen LogP contribution in [0.25, 0.3) is 0 Å². The van der Waals surface area contributed by atoms with Gasteiger partial charge in [-0.25, -0.2) is 9.69 Å². The molecular weight excluding hydrogens is 270 g/mol. The van der Waals surface area contributed by atoms with Crippen molar-refractivity contribution in [2.24, 2.45) is 5.92 Å². The van der Waals surface area contributed by atoms with Gasteiger partial charge in [0.2, 0.25) is 5.91 Å². The number of aliphatic hydroxyl groups excluding tert-OH is 1. The number of hydrogen-bond acceptors (Lipinski definition) is 4. The monoisotopic (exact) mass is 289 g/mol. The zero-order chi connectivity index (χ0) is 15.4. The van der Waals surface area contributed by atoms with Gasteiger partial charge in [0.15, 0.2) is 0 Å². The number of amides is 2. The number of ether oxygens (including phenoxy) is 1. The second-order valence-corrected chi connectivity index (χ2v) is 5.13. The van der Waals surface area contributed by atoms with Crippen LogP contribution in [0.2, 0.25) is 0 Å². The third-order valence-corrected chi connectivity index (χ3v) is 3.57. The molecule has 0 bridgehead atoms. The number of aliphatic hydroxyl groups is 1. The first-order valence-corrected chi connectivity index (χ1v) is 6.89. The molecule has 1 aliphatic heterocycles. The minimum Gasteiger partial charge on any atom is -0.447 e. The van der Waals surface area contributed by atoms with E-state index in [1.54, 1.807) is 0 Å². The highest BCUT2D eigenvalue weighted by molar-refractivity contribution is 5.95. The van der Waals surface area contributed by atoms with E-state index in [-0.39, 0.29) is 12.6 Å². The second-order valence-electron chi connectivity index (χ2n) is 5.13. The summed E-state index contributed by atoms with van der Waals surface area (Å²) in [5, 5.41) is 9.63. The van der Waals surface area contributed by atoms with Gasteiger partial charge in [0.05, 0.1) is 18.1 Å². The van der Waals surface area contributed by atoms with Crippen molar-refractivity contribution in [3.63, 3.8) is 0 Å². The SMILES string of the molecule is C=CC(C(=O)N1C(=O)OC[C@H]1Cc1ccccc1)[C@H](C)O. The van der Waals surface area contributed by atoms with E-state index in [9.17, 15) is 14.7 Å². The van der Waals surface area contributed by atoms with Gasteiger partial charge in [-0.3, -0.25) is 4.79 Å². The molecular formula is C16H19NO4. The van der Waals surface area contributed by atoms with Crippen LogP contribution in [0.5, 0.6) is 0 Å². The van der Waals surface area contributed by atoms with Crippen molar-refractivity contribution < 1.29 is 19.4 Å². The van der Waals surface area contributed by atoms with Gasteiger partial charge in [0.25, 0.3) is 0 Å². The van der Waals surface area contributed by atoms with E-state index in [1.807, 2.05) is 30.3 Å². The van der Waals surface area contributed by atoms with Crippen molar-refractivity contribution in [2.75, 3.05) is 6.61 Å². The molecule has 5 heteroatoms. The third-order valence-electron chi connectivity index (χ3n) is 3.57. The molecule has 1 heterocycles. The maximum atomic E-state index is 12.4. The highest BCUT2D eigenvalue weighted by atomic mass is 16.6. The molecule has 0 aliphatic carbocycles. The maximum Gasteiger partial charge on any atom is 0.417 e. The van der Waals surface area contributed by atoms with Crippen LogP contribution in [-0.4, -0.2) is 40.8 Å². The maximum absolute atomic E-state index is 12.4. The van der Waals surface area contributed by atoms with Gasteiger partial charge in [0.1, 0.15) is 6.61 Å². The Morgan fingerprint density at radius 2 is 2.19 bits per heavy atom. The van der Waals surface area contributed by atoms with Crippen molar-refractivity contribution in [1.82, 2.24) is 4.90 Å². The number of carbonyl (C=O) groups is 2. The second kappa shape index (κ2) is 6.54. The van der Waals surface area contributed by atoms with Crippen LogP contribution in [0.15, 0.2) is 43.0 Å². The first-order chi connectivity index (χ1) is 10.0. The highest BCUT2D eigenvalue weighted by Gasteiger charge is 2.41. The molecule has 112 valence electrons. The lowest BCUT2D eigenvalue weighted by atomic mass is 10.00. The number of cyclic esters (lactones) is 1. The molecule has 0 saturated carbocycles. The molecule has 0 spiro atoms. The van der Waals surface area contributed by atoms with Crippen molar-refractivity contribution in [3.8, 4) is 0 Å². The van der Waals surface area contributed by atoms with E-state index in [0.717, 1.165) is 10.5 Å². The first-order valence-electron chi connectivity index (χ1n) is 6.89. The lowest BCUT2D eigenvalue weighted by Gasteiger charge is -2.24. The highest BCUT2D eigenvalue weighted by Crippen LogP contribution is 2.21. The van der Waals surface area contributed by atoms with Crippen LogP contribution in [0, 0.1) is 5.92 Å². The van der Waals surface area contributed by atoms with Crippen LogP contribution in [0.1, 0.15) is 12.5 Å². The molecule has 1 saturated heterocycles. The molecule has 1 fully saturated rings. The minimum atomic E-state index is -0.902. The smallest absolute Gasteiger partial charge is 0.417 e. The molecule has 0 aromatic heterocycles. The Bertz CT molecular complexity index is 526. The zero-order valence-corrected chi connectivity index (χ0v) is 11.9. The van der Waals surface area contributed by atoms with Crippen LogP contribution < -0.4 is 0 Å². The van der Waals surface area contributed by atoms with E-state index in [4.69, 9.17) is 4.74 Å². The molecule has 5 nitrogen and oxygen atoms in total.